The van der Waals surface area contributed by atoms with E-state index in [9.17, 15) is 13.2 Å². The van der Waals surface area contributed by atoms with Crippen LogP contribution in [0.25, 0.3) is 0 Å². The number of rotatable bonds is 8. The fourth-order valence-corrected chi connectivity index (χ4v) is 2.89. The minimum absolute atomic E-state index is 0.161. The van der Waals surface area contributed by atoms with Crippen molar-refractivity contribution < 1.29 is 13.2 Å². The number of aliphatic imine (C=N–C) groups is 1. The highest BCUT2D eigenvalue weighted by Crippen LogP contribution is 2.22. The van der Waals surface area contributed by atoms with E-state index in [0.29, 0.717) is 31.5 Å². The van der Waals surface area contributed by atoms with Gasteiger partial charge in [-0.3, -0.25) is 9.89 Å². The van der Waals surface area contributed by atoms with Gasteiger partial charge in [0.05, 0.1) is 6.54 Å². The van der Waals surface area contributed by atoms with Crippen molar-refractivity contribution in [3.05, 3.63) is 0 Å². The van der Waals surface area contributed by atoms with E-state index in [1.165, 1.54) is 11.3 Å². The van der Waals surface area contributed by atoms with Crippen LogP contribution >= 0.6 is 0 Å². The fourth-order valence-electron chi connectivity index (χ4n) is 2.89. The first-order valence-electron chi connectivity index (χ1n) is 8.51. The number of alkyl halides is 3. The quantitative estimate of drug-likeness (QED) is 0.529. The molecule has 0 aromatic rings. The number of nitrogens with one attached hydrogen (secondary N) is 1. The molecule has 1 heterocycles. The minimum atomic E-state index is -4.12. The third-order valence-electron chi connectivity index (χ3n) is 4.11. The van der Waals surface area contributed by atoms with Crippen LogP contribution in [0.4, 0.5) is 13.2 Å². The second kappa shape index (κ2) is 9.35. The van der Waals surface area contributed by atoms with Gasteiger partial charge in [0.15, 0.2) is 5.96 Å². The molecule has 136 valence electrons. The van der Waals surface area contributed by atoms with E-state index in [-0.39, 0.29) is 12.0 Å². The van der Waals surface area contributed by atoms with Crippen molar-refractivity contribution in [2.75, 3.05) is 26.2 Å². The van der Waals surface area contributed by atoms with Crippen molar-refractivity contribution in [1.29, 1.82) is 0 Å². The standard InChI is InChI=1S/C16H31F3N4/c1-12(2)5-4-6-13(3)22-15(20)21-9-14-7-8-23(10-14)11-16(17,18)19/h12-14H,4-11H2,1-3H3,(H3,20,21,22). The van der Waals surface area contributed by atoms with Crippen molar-refractivity contribution >= 4 is 5.96 Å². The third-order valence-corrected chi connectivity index (χ3v) is 4.11. The Bertz CT molecular complexity index is 369. The number of hydrogen-bond donors (Lipinski definition) is 2. The molecule has 0 radical (unpaired) electrons. The molecule has 0 aromatic carbocycles. The van der Waals surface area contributed by atoms with E-state index >= 15 is 0 Å². The average Bonchev–Trinajstić information content (AvgIpc) is 2.81. The van der Waals surface area contributed by atoms with Gasteiger partial charge in [0.2, 0.25) is 0 Å². The van der Waals surface area contributed by atoms with Gasteiger partial charge in [-0.1, -0.05) is 26.7 Å². The Morgan fingerprint density at radius 2 is 2.00 bits per heavy atom. The first-order valence-corrected chi connectivity index (χ1v) is 8.51. The number of guanidine groups is 1. The number of nitrogens with zero attached hydrogens (tertiary/aromatic N) is 2. The molecule has 2 atom stereocenters. The lowest BCUT2D eigenvalue weighted by atomic mass is 10.0. The SMILES string of the molecule is CC(C)CCCC(C)NC(N)=NCC1CCN(CC(F)(F)F)C1. The van der Waals surface area contributed by atoms with Gasteiger partial charge in [0.25, 0.3) is 0 Å². The smallest absolute Gasteiger partial charge is 0.370 e. The van der Waals surface area contributed by atoms with Crippen LogP contribution in [0.2, 0.25) is 0 Å². The minimum Gasteiger partial charge on any atom is -0.370 e. The Hall–Kier alpha value is -0.980. The number of hydrogen-bond acceptors (Lipinski definition) is 2. The van der Waals surface area contributed by atoms with Gasteiger partial charge < -0.3 is 11.1 Å². The van der Waals surface area contributed by atoms with E-state index in [1.807, 2.05) is 0 Å². The maximum absolute atomic E-state index is 12.3. The zero-order chi connectivity index (χ0) is 17.5. The Labute approximate surface area is 137 Å². The van der Waals surface area contributed by atoms with Crippen molar-refractivity contribution in [3.63, 3.8) is 0 Å². The van der Waals surface area contributed by atoms with Crippen molar-refractivity contribution in [1.82, 2.24) is 10.2 Å². The first kappa shape index (κ1) is 20.1. The van der Waals surface area contributed by atoms with E-state index in [2.05, 4.69) is 31.1 Å². The summed E-state index contributed by atoms with van der Waals surface area (Å²) in [5.74, 6) is 1.26. The Kier molecular flexibility index (Phi) is 8.16. The number of nitrogens with two attached hydrogens (primary N) is 1. The topological polar surface area (TPSA) is 53.6 Å². The zero-order valence-electron chi connectivity index (χ0n) is 14.5. The summed E-state index contributed by atoms with van der Waals surface area (Å²) >= 11 is 0. The highest BCUT2D eigenvalue weighted by molar-refractivity contribution is 5.78. The summed E-state index contributed by atoms with van der Waals surface area (Å²) in [6, 6.07) is 0.266. The van der Waals surface area contributed by atoms with E-state index in [1.54, 1.807) is 0 Å². The Morgan fingerprint density at radius 1 is 1.30 bits per heavy atom. The van der Waals surface area contributed by atoms with Crippen molar-refractivity contribution in [3.8, 4) is 0 Å². The van der Waals surface area contributed by atoms with Gasteiger partial charge in [0, 0.05) is 19.1 Å². The lowest BCUT2D eigenvalue weighted by Crippen LogP contribution is -2.39. The molecule has 1 aliphatic rings. The molecule has 0 spiro atoms. The predicted octanol–water partition coefficient (Wildman–Crippen LogP) is 2.99. The molecule has 23 heavy (non-hydrogen) atoms. The van der Waals surface area contributed by atoms with Gasteiger partial charge >= 0.3 is 6.18 Å². The largest absolute Gasteiger partial charge is 0.401 e. The normalized spacial score (nSPS) is 21.9. The van der Waals surface area contributed by atoms with Crippen molar-refractivity contribution in [2.45, 2.75) is 58.7 Å². The Balaban J connectivity index is 2.23. The summed E-state index contributed by atoms with van der Waals surface area (Å²) in [4.78, 5) is 5.74. The van der Waals surface area contributed by atoms with Crippen LogP contribution in [0.3, 0.4) is 0 Å². The number of likely N-dealkylation sites (tertiary alicyclic amines) is 1. The zero-order valence-corrected chi connectivity index (χ0v) is 14.5. The van der Waals surface area contributed by atoms with Gasteiger partial charge in [-0.25, -0.2) is 0 Å². The Morgan fingerprint density at radius 3 is 2.61 bits per heavy atom. The second-order valence-corrected chi connectivity index (χ2v) is 7.10. The molecular weight excluding hydrogens is 305 g/mol. The van der Waals surface area contributed by atoms with E-state index in [0.717, 1.165) is 19.3 Å². The summed E-state index contributed by atoms with van der Waals surface area (Å²) in [6.07, 6.45) is 0.00642. The molecule has 4 nitrogen and oxygen atoms in total. The van der Waals surface area contributed by atoms with Crippen LogP contribution in [0.1, 0.15) is 46.5 Å². The summed E-state index contributed by atoms with van der Waals surface area (Å²) in [5.41, 5.74) is 5.87. The van der Waals surface area contributed by atoms with E-state index < -0.39 is 12.7 Å². The summed E-state index contributed by atoms with van der Waals surface area (Å²) in [6.45, 7) is 7.08. The molecule has 3 N–H and O–H groups in total. The maximum atomic E-state index is 12.3. The highest BCUT2D eigenvalue weighted by Gasteiger charge is 2.34. The average molecular weight is 336 g/mol. The molecular formula is C16H31F3N4. The van der Waals surface area contributed by atoms with Crippen LogP contribution in [0, 0.1) is 11.8 Å². The molecule has 0 amide bonds. The van der Waals surface area contributed by atoms with Crippen LogP contribution in [0.5, 0.6) is 0 Å². The van der Waals surface area contributed by atoms with Gasteiger partial charge in [-0.05, 0) is 38.1 Å². The molecule has 0 aliphatic carbocycles. The predicted molar refractivity (Wildman–Crippen MR) is 88.4 cm³/mol. The molecule has 1 aliphatic heterocycles. The summed E-state index contributed by atoms with van der Waals surface area (Å²) in [7, 11) is 0. The van der Waals surface area contributed by atoms with Gasteiger partial charge in [-0.15, -0.1) is 0 Å². The highest BCUT2D eigenvalue weighted by atomic mass is 19.4. The molecule has 1 rings (SSSR count). The van der Waals surface area contributed by atoms with Crippen LogP contribution in [0.15, 0.2) is 4.99 Å². The fraction of sp³-hybridized carbons (Fsp3) is 0.938. The maximum Gasteiger partial charge on any atom is 0.401 e. The lowest BCUT2D eigenvalue weighted by Gasteiger charge is -2.18. The molecule has 1 saturated heterocycles. The van der Waals surface area contributed by atoms with Gasteiger partial charge in [0.1, 0.15) is 0 Å². The number of halogens is 3. The third kappa shape index (κ3) is 9.69. The van der Waals surface area contributed by atoms with Gasteiger partial charge in [-0.2, -0.15) is 13.2 Å². The molecule has 2 unspecified atom stereocenters. The summed E-state index contributed by atoms with van der Waals surface area (Å²) in [5, 5.41) is 3.16. The molecule has 0 bridgehead atoms. The van der Waals surface area contributed by atoms with Crippen LogP contribution < -0.4 is 11.1 Å². The lowest BCUT2D eigenvalue weighted by molar-refractivity contribution is -0.143. The van der Waals surface area contributed by atoms with Crippen LogP contribution in [-0.4, -0.2) is 49.3 Å². The molecule has 0 saturated carbocycles. The molecule has 1 fully saturated rings. The monoisotopic (exact) mass is 336 g/mol. The molecule has 0 aromatic heterocycles. The van der Waals surface area contributed by atoms with E-state index in [4.69, 9.17) is 5.73 Å². The first-order chi connectivity index (χ1) is 10.7. The van der Waals surface area contributed by atoms with Crippen molar-refractivity contribution in [2.24, 2.45) is 22.6 Å². The molecule has 7 heteroatoms. The second-order valence-electron chi connectivity index (χ2n) is 7.10. The summed E-state index contributed by atoms with van der Waals surface area (Å²) < 4.78 is 37.0. The van der Waals surface area contributed by atoms with Crippen LogP contribution in [-0.2, 0) is 0 Å².